The summed E-state index contributed by atoms with van der Waals surface area (Å²) < 4.78 is 44.0. The largest absolute Gasteiger partial charge is 0.322 e. The van der Waals surface area contributed by atoms with Gasteiger partial charge in [-0.25, -0.2) is 10.2 Å². The van der Waals surface area contributed by atoms with Crippen LogP contribution in [-0.4, -0.2) is 29.5 Å². The highest BCUT2D eigenvalue weighted by molar-refractivity contribution is 6.30. The van der Waals surface area contributed by atoms with E-state index in [0.29, 0.717) is 0 Å². The van der Waals surface area contributed by atoms with E-state index in [4.69, 9.17) is 23.3 Å². The van der Waals surface area contributed by atoms with Crippen molar-refractivity contribution in [1.29, 1.82) is 0 Å². The second-order valence-electron chi connectivity index (χ2n) is 4.70. The third-order valence-corrected chi connectivity index (χ3v) is 3.38. The Balaban J connectivity index is 3.44. The second-order valence-corrected chi connectivity index (χ2v) is 5.14. The van der Waals surface area contributed by atoms with Gasteiger partial charge >= 0.3 is 0 Å². The zero-order chi connectivity index (χ0) is 18.3. The Kier molecular flexibility index (Phi) is 6.99. The number of nitrogens with two attached hydrogens (primary N) is 2. The SMILES string of the molecule is C=CN=C(C=C)C(F)(F)C(CN(N)/C=N\N)c1ccc(Cl)cc1F. The molecule has 24 heavy (non-hydrogen) atoms. The van der Waals surface area contributed by atoms with Crippen LogP contribution in [0.1, 0.15) is 11.5 Å². The van der Waals surface area contributed by atoms with E-state index in [1.165, 1.54) is 6.07 Å². The molecule has 1 aromatic rings. The van der Waals surface area contributed by atoms with Crippen LogP contribution >= 0.6 is 11.6 Å². The fraction of sp³-hybridized carbons (Fsp3) is 0.200. The van der Waals surface area contributed by atoms with E-state index in [1.54, 1.807) is 0 Å². The smallest absolute Gasteiger partial charge is 0.298 e. The van der Waals surface area contributed by atoms with Crippen LogP contribution in [0, 0.1) is 5.82 Å². The first kappa shape index (κ1) is 19.7. The molecule has 0 aliphatic rings. The van der Waals surface area contributed by atoms with Crippen LogP contribution in [0.2, 0.25) is 5.02 Å². The van der Waals surface area contributed by atoms with Crippen molar-refractivity contribution in [2.24, 2.45) is 21.8 Å². The molecular weight excluding hydrogens is 343 g/mol. The lowest BCUT2D eigenvalue weighted by atomic mass is 9.88. The zero-order valence-corrected chi connectivity index (χ0v) is 13.4. The number of allylic oxidation sites excluding steroid dienone is 1. The zero-order valence-electron chi connectivity index (χ0n) is 12.7. The third-order valence-electron chi connectivity index (χ3n) is 3.15. The Bertz CT molecular complexity index is 661. The van der Waals surface area contributed by atoms with E-state index in [1.807, 2.05) is 0 Å². The quantitative estimate of drug-likeness (QED) is 0.324. The lowest BCUT2D eigenvalue weighted by molar-refractivity contribution is 0.0379. The molecule has 1 atom stereocenters. The number of hydrazone groups is 1. The molecule has 0 radical (unpaired) electrons. The van der Waals surface area contributed by atoms with Gasteiger partial charge in [0.05, 0.1) is 5.92 Å². The van der Waals surface area contributed by atoms with Crippen LogP contribution in [0.4, 0.5) is 13.2 Å². The van der Waals surface area contributed by atoms with Crippen molar-refractivity contribution in [3.63, 3.8) is 0 Å². The monoisotopic (exact) mass is 359 g/mol. The summed E-state index contributed by atoms with van der Waals surface area (Å²) >= 11 is 5.68. The van der Waals surface area contributed by atoms with E-state index < -0.39 is 29.9 Å². The Morgan fingerprint density at radius 3 is 2.58 bits per heavy atom. The number of hydrogen-bond acceptors (Lipinski definition) is 4. The lowest BCUT2D eigenvalue weighted by Crippen LogP contribution is -2.44. The summed E-state index contributed by atoms with van der Waals surface area (Å²) in [6, 6.07) is 3.41. The molecule has 0 heterocycles. The van der Waals surface area contributed by atoms with Crippen molar-refractivity contribution in [2.75, 3.05) is 6.54 Å². The molecule has 0 spiro atoms. The van der Waals surface area contributed by atoms with Crippen molar-refractivity contribution in [3.8, 4) is 0 Å². The van der Waals surface area contributed by atoms with E-state index in [-0.39, 0.29) is 10.6 Å². The first-order chi connectivity index (χ1) is 11.3. The molecule has 0 aromatic heterocycles. The molecule has 1 rings (SSSR count). The molecule has 0 bridgehead atoms. The number of aliphatic imine (C=N–C) groups is 1. The van der Waals surface area contributed by atoms with Crippen molar-refractivity contribution in [3.05, 3.63) is 60.0 Å². The molecule has 0 aliphatic heterocycles. The highest BCUT2D eigenvalue weighted by atomic mass is 35.5. The molecule has 9 heteroatoms. The summed E-state index contributed by atoms with van der Waals surface area (Å²) in [7, 11) is 0. The van der Waals surface area contributed by atoms with E-state index in [2.05, 4.69) is 23.3 Å². The molecule has 0 amide bonds. The van der Waals surface area contributed by atoms with Crippen molar-refractivity contribution in [2.45, 2.75) is 11.8 Å². The van der Waals surface area contributed by atoms with Crippen LogP contribution in [0.15, 0.2) is 53.7 Å². The number of benzene rings is 1. The average molecular weight is 360 g/mol. The number of halogens is 4. The summed E-state index contributed by atoms with van der Waals surface area (Å²) in [4.78, 5) is 3.51. The van der Waals surface area contributed by atoms with Crippen LogP contribution < -0.4 is 11.7 Å². The predicted molar refractivity (Wildman–Crippen MR) is 90.5 cm³/mol. The van der Waals surface area contributed by atoms with Gasteiger partial charge in [0.25, 0.3) is 5.92 Å². The van der Waals surface area contributed by atoms with E-state index in [0.717, 1.165) is 35.8 Å². The maximum absolute atomic E-state index is 14.9. The summed E-state index contributed by atoms with van der Waals surface area (Å²) in [6.07, 6.45) is 2.76. The first-order valence-corrected chi connectivity index (χ1v) is 7.04. The summed E-state index contributed by atoms with van der Waals surface area (Å²) in [5.41, 5.74) is -0.959. The first-order valence-electron chi connectivity index (χ1n) is 6.67. The Morgan fingerprint density at radius 1 is 1.42 bits per heavy atom. The molecule has 5 nitrogen and oxygen atoms in total. The minimum atomic E-state index is -3.59. The van der Waals surface area contributed by atoms with Gasteiger partial charge in [0.2, 0.25) is 0 Å². The predicted octanol–water partition coefficient (Wildman–Crippen LogP) is 3.05. The van der Waals surface area contributed by atoms with Gasteiger partial charge in [-0.2, -0.15) is 13.9 Å². The minimum Gasteiger partial charge on any atom is -0.322 e. The van der Waals surface area contributed by atoms with Gasteiger partial charge in [-0.15, -0.1) is 0 Å². The Labute approximate surface area is 142 Å². The van der Waals surface area contributed by atoms with Crippen molar-refractivity contribution >= 4 is 23.7 Å². The van der Waals surface area contributed by atoms with Crippen molar-refractivity contribution in [1.82, 2.24) is 5.01 Å². The Hall–Kier alpha value is -2.32. The maximum atomic E-state index is 14.9. The van der Waals surface area contributed by atoms with Crippen LogP contribution in [0.3, 0.4) is 0 Å². The third kappa shape index (κ3) is 4.59. The molecule has 0 fully saturated rings. The maximum Gasteiger partial charge on any atom is 0.298 e. The van der Waals surface area contributed by atoms with E-state index >= 15 is 0 Å². The van der Waals surface area contributed by atoms with Gasteiger partial charge in [-0.3, -0.25) is 10.0 Å². The molecule has 0 saturated carbocycles. The number of alkyl halides is 2. The topological polar surface area (TPSA) is 80.0 Å². The number of hydrogen-bond donors (Lipinski definition) is 2. The lowest BCUT2D eigenvalue weighted by Gasteiger charge is -2.30. The number of hydrazine groups is 1. The summed E-state index contributed by atoms with van der Waals surface area (Å²) in [6.45, 7) is 6.10. The molecule has 1 aromatic carbocycles. The summed E-state index contributed by atoms with van der Waals surface area (Å²) in [5.74, 6) is 4.31. The van der Waals surface area contributed by atoms with Gasteiger partial charge in [-0.1, -0.05) is 30.8 Å². The molecule has 130 valence electrons. The minimum absolute atomic E-state index is 0.0788. The molecule has 1 unspecified atom stereocenters. The van der Waals surface area contributed by atoms with Gasteiger partial charge in [0.1, 0.15) is 17.9 Å². The number of rotatable bonds is 8. The highest BCUT2D eigenvalue weighted by Gasteiger charge is 2.46. The Morgan fingerprint density at radius 2 is 2.08 bits per heavy atom. The summed E-state index contributed by atoms with van der Waals surface area (Å²) in [5, 5.41) is 4.05. The van der Waals surface area contributed by atoms with Gasteiger partial charge < -0.3 is 5.84 Å². The molecule has 0 aliphatic carbocycles. The average Bonchev–Trinajstić information content (AvgIpc) is 2.51. The molecule has 0 saturated heterocycles. The van der Waals surface area contributed by atoms with Gasteiger partial charge in [0, 0.05) is 17.8 Å². The van der Waals surface area contributed by atoms with Crippen LogP contribution in [0.25, 0.3) is 0 Å². The van der Waals surface area contributed by atoms with Crippen molar-refractivity contribution < 1.29 is 13.2 Å². The van der Waals surface area contributed by atoms with Gasteiger partial charge in [-0.05, 0) is 23.8 Å². The molecule has 4 N–H and O–H groups in total. The molecular formula is C15H17ClF3N5. The van der Waals surface area contributed by atoms with Crippen LogP contribution in [0.5, 0.6) is 0 Å². The normalized spacial score (nSPS) is 13.8. The standard InChI is InChI=1S/C15H17ClF3N5/c1-3-14(22-4-2)15(18,19)12(8-24(21)9-23-20)11-6-5-10(16)7-13(11)17/h3-7,9,12H,1-2,8,20-21H2/b22-14?,23-9-. The highest BCUT2D eigenvalue weighted by Crippen LogP contribution is 2.37. The van der Waals surface area contributed by atoms with Crippen LogP contribution in [-0.2, 0) is 0 Å². The number of nitrogens with zero attached hydrogens (tertiary/aromatic N) is 3. The van der Waals surface area contributed by atoms with E-state index in [9.17, 15) is 13.2 Å². The second kappa shape index (κ2) is 8.51. The fourth-order valence-corrected chi connectivity index (χ4v) is 2.25. The van der Waals surface area contributed by atoms with Gasteiger partial charge in [0.15, 0.2) is 0 Å². The fourth-order valence-electron chi connectivity index (χ4n) is 2.09.